The van der Waals surface area contributed by atoms with E-state index < -0.39 is 16.7 Å². The summed E-state index contributed by atoms with van der Waals surface area (Å²) < 4.78 is 0. The van der Waals surface area contributed by atoms with Gasteiger partial charge >= 0.3 is 0 Å². The zero-order valence-electron chi connectivity index (χ0n) is 16.9. The molecule has 0 unspecified atom stereocenters. The van der Waals surface area contributed by atoms with E-state index >= 15 is 0 Å². The number of nitrogens with one attached hydrogen (secondary N) is 3. The summed E-state index contributed by atoms with van der Waals surface area (Å²) in [4.78, 5) is 50.8. The molecular formula is C21H16N8O4. The van der Waals surface area contributed by atoms with Crippen LogP contribution in [0.25, 0.3) is 21.8 Å². The van der Waals surface area contributed by atoms with Crippen LogP contribution in [0.2, 0.25) is 0 Å². The highest BCUT2D eigenvalue weighted by molar-refractivity contribution is 6.10. The van der Waals surface area contributed by atoms with Gasteiger partial charge in [-0.05, 0) is 11.5 Å². The van der Waals surface area contributed by atoms with Crippen molar-refractivity contribution in [3.05, 3.63) is 82.4 Å². The summed E-state index contributed by atoms with van der Waals surface area (Å²) in [5.41, 5.74) is 5.22. The molecule has 2 aromatic carbocycles. The Labute approximate surface area is 185 Å². The molecule has 2 heterocycles. The Balaban J connectivity index is 1.66. The molecule has 0 radical (unpaired) electrons. The van der Waals surface area contributed by atoms with Gasteiger partial charge in [0.2, 0.25) is 5.95 Å². The molecule has 0 saturated heterocycles. The number of carbonyl (C=O) groups excluding carboxylic acids is 2. The summed E-state index contributed by atoms with van der Waals surface area (Å²) in [6.45, 7) is 0. The first kappa shape index (κ1) is 21.1. The Bertz CT molecular complexity index is 1460. The number of nitrogens with two attached hydrogens (primary N) is 1. The number of pyridine rings is 1. The van der Waals surface area contributed by atoms with Crippen LogP contribution in [-0.4, -0.2) is 38.0 Å². The van der Waals surface area contributed by atoms with Crippen LogP contribution >= 0.6 is 0 Å². The SMILES string of the molecule is N/C=C\N=CNC(=O)c1cc([N+](=O)[O-])cc2[nH]c(NC(=O)c3cc4ccccc4cn3)nc12. The lowest BCUT2D eigenvalue weighted by Crippen LogP contribution is -2.22. The molecule has 0 aliphatic carbocycles. The number of nitro groups is 1. The maximum Gasteiger partial charge on any atom is 0.276 e. The Morgan fingerprint density at radius 3 is 2.70 bits per heavy atom. The number of benzene rings is 2. The van der Waals surface area contributed by atoms with E-state index in [1.807, 2.05) is 24.3 Å². The monoisotopic (exact) mass is 444 g/mol. The van der Waals surface area contributed by atoms with Gasteiger partial charge in [0.15, 0.2) is 0 Å². The summed E-state index contributed by atoms with van der Waals surface area (Å²) >= 11 is 0. The van der Waals surface area contributed by atoms with Gasteiger partial charge < -0.3 is 16.0 Å². The van der Waals surface area contributed by atoms with E-state index in [2.05, 4.69) is 30.6 Å². The van der Waals surface area contributed by atoms with Crippen molar-refractivity contribution in [1.29, 1.82) is 0 Å². The Morgan fingerprint density at radius 2 is 1.94 bits per heavy atom. The minimum absolute atomic E-state index is 0.000705. The van der Waals surface area contributed by atoms with Crippen molar-refractivity contribution in [2.45, 2.75) is 0 Å². The molecule has 4 aromatic rings. The molecule has 0 aliphatic heterocycles. The number of nitro benzene ring substituents is 1. The van der Waals surface area contributed by atoms with Gasteiger partial charge in [-0.15, -0.1) is 0 Å². The molecule has 5 N–H and O–H groups in total. The maximum atomic E-state index is 12.7. The van der Waals surface area contributed by atoms with Gasteiger partial charge in [-0.25, -0.2) is 9.98 Å². The smallest absolute Gasteiger partial charge is 0.276 e. The normalized spacial score (nSPS) is 11.4. The van der Waals surface area contributed by atoms with Crippen molar-refractivity contribution in [3.63, 3.8) is 0 Å². The highest BCUT2D eigenvalue weighted by atomic mass is 16.6. The van der Waals surface area contributed by atoms with E-state index in [0.29, 0.717) is 0 Å². The zero-order valence-corrected chi connectivity index (χ0v) is 16.9. The highest BCUT2D eigenvalue weighted by Gasteiger charge is 2.20. The summed E-state index contributed by atoms with van der Waals surface area (Å²) in [5.74, 6) is -1.22. The zero-order chi connectivity index (χ0) is 23.4. The molecule has 164 valence electrons. The van der Waals surface area contributed by atoms with E-state index in [4.69, 9.17) is 5.73 Å². The van der Waals surface area contributed by atoms with E-state index in [9.17, 15) is 19.7 Å². The largest absolute Gasteiger partial charge is 0.403 e. The number of anilines is 1. The van der Waals surface area contributed by atoms with Crippen molar-refractivity contribution < 1.29 is 14.5 Å². The summed E-state index contributed by atoms with van der Waals surface area (Å²) in [6.07, 6.45) is 5.07. The molecule has 2 aromatic heterocycles. The van der Waals surface area contributed by atoms with E-state index in [1.165, 1.54) is 18.5 Å². The Hall–Kier alpha value is -5.13. The van der Waals surface area contributed by atoms with Crippen LogP contribution < -0.4 is 16.4 Å². The molecule has 12 nitrogen and oxygen atoms in total. The van der Waals surface area contributed by atoms with Gasteiger partial charge in [-0.2, -0.15) is 0 Å². The summed E-state index contributed by atoms with van der Waals surface area (Å²) in [5, 5.41) is 18.0. The van der Waals surface area contributed by atoms with Crippen molar-refractivity contribution >= 4 is 51.6 Å². The van der Waals surface area contributed by atoms with Crippen LogP contribution in [0.3, 0.4) is 0 Å². The van der Waals surface area contributed by atoms with Crippen LogP contribution in [0.1, 0.15) is 20.8 Å². The minimum Gasteiger partial charge on any atom is -0.403 e. The highest BCUT2D eigenvalue weighted by Crippen LogP contribution is 2.25. The second-order valence-corrected chi connectivity index (χ2v) is 6.70. The van der Waals surface area contributed by atoms with Gasteiger partial charge in [-0.3, -0.25) is 30.0 Å². The fraction of sp³-hybridized carbons (Fsp3) is 0. The maximum absolute atomic E-state index is 12.7. The fourth-order valence-corrected chi connectivity index (χ4v) is 3.09. The number of hydrogen-bond donors (Lipinski definition) is 4. The molecule has 0 fully saturated rings. The molecule has 0 spiro atoms. The Kier molecular flexibility index (Phi) is 5.72. The first-order valence-electron chi connectivity index (χ1n) is 9.50. The van der Waals surface area contributed by atoms with Crippen LogP contribution in [0.5, 0.6) is 0 Å². The number of aromatic nitrogens is 3. The molecule has 0 atom stereocenters. The van der Waals surface area contributed by atoms with E-state index in [0.717, 1.165) is 23.2 Å². The average molecular weight is 444 g/mol. The average Bonchev–Trinajstić information content (AvgIpc) is 3.22. The number of non-ortho nitro benzene ring substituents is 1. The van der Waals surface area contributed by atoms with Crippen LogP contribution in [0, 0.1) is 10.1 Å². The van der Waals surface area contributed by atoms with Gasteiger partial charge in [0.05, 0.1) is 22.3 Å². The second-order valence-electron chi connectivity index (χ2n) is 6.70. The molecule has 12 heteroatoms. The lowest BCUT2D eigenvalue weighted by molar-refractivity contribution is -0.384. The summed E-state index contributed by atoms with van der Waals surface area (Å²) in [7, 11) is 0. The van der Waals surface area contributed by atoms with Crippen LogP contribution in [-0.2, 0) is 0 Å². The quantitative estimate of drug-likeness (QED) is 0.152. The first-order valence-corrected chi connectivity index (χ1v) is 9.50. The van der Waals surface area contributed by atoms with Crippen molar-refractivity contribution in [1.82, 2.24) is 20.3 Å². The first-order chi connectivity index (χ1) is 16.0. The predicted octanol–water partition coefficient (Wildman–Crippen LogP) is 2.46. The minimum atomic E-state index is -0.682. The topological polar surface area (TPSA) is 181 Å². The van der Waals surface area contributed by atoms with E-state index in [1.54, 1.807) is 12.3 Å². The standard InChI is InChI=1S/C21H16N8O4/c22-5-6-23-11-25-19(30)15-8-14(29(32)33)9-16-18(15)27-21(26-16)28-20(31)17-7-12-3-1-2-4-13(12)10-24-17/h1-11H,22H2,(H,23,25,30)(H2,26,27,28,31)/b6-5-. The van der Waals surface area contributed by atoms with Gasteiger partial charge in [0, 0.05) is 36.1 Å². The number of carbonyl (C=O) groups is 2. The molecule has 0 aliphatic rings. The third-order valence-electron chi connectivity index (χ3n) is 4.56. The third kappa shape index (κ3) is 4.49. The molecule has 4 rings (SSSR count). The second kappa shape index (κ2) is 8.93. The lowest BCUT2D eigenvalue weighted by Gasteiger charge is -2.03. The van der Waals surface area contributed by atoms with Gasteiger partial charge in [0.1, 0.15) is 11.2 Å². The molecular weight excluding hydrogens is 428 g/mol. The van der Waals surface area contributed by atoms with E-state index in [-0.39, 0.29) is 33.9 Å². The number of aliphatic imine (C=N–C) groups is 1. The van der Waals surface area contributed by atoms with Crippen molar-refractivity contribution in [2.75, 3.05) is 5.32 Å². The van der Waals surface area contributed by atoms with Crippen LogP contribution in [0.15, 0.2) is 66.1 Å². The molecule has 0 bridgehead atoms. The number of nitrogens with zero attached hydrogens (tertiary/aromatic N) is 4. The number of amides is 2. The van der Waals surface area contributed by atoms with Crippen LogP contribution in [0.4, 0.5) is 11.6 Å². The summed E-state index contributed by atoms with van der Waals surface area (Å²) in [6, 6.07) is 11.4. The fourth-order valence-electron chi connectivity index (χ4n) is 3.09. The predicted molar refractivity (Wildman–Crippen MR) is 122 cm³/mol. The molecule has 0 saturated carbocycles. The van der Waals surface area contributed by atoms with Gasteiger partial charge in [0.25, 0.3) is 17.5 Å². The molecule has 33 heavy (non-hydrogen) atoms. The number of H-pyrrole nitrogens is 1. The lowest BCUT2D eigenvalue weighted by atomic mass is 10.1. The van der Waals surface area contributed by atoms with Crippen molar-refractivity contribution in [3.8, 4) is 0 Å². The number of rotatable bonds is 6. The Morgan fingerprint density at radius 1 is 1.15 bits per heavy atom. The number of aromatic amines is 1. The number of imidazole rings is 1. The number of hydrogen-bond acceptors (Lipinski definition) is 8. The van der Waals surface area contributed by atoms with Gasteiger partial charge in [-0.1, -0.05) is 24.3 Å². The number of fused-ring (bicyclic) bond motifs is 2. The molecule has 2 amide bonds. The third-order valence-corrected chi connectivity index (χ3v) is 4.56. The van der Waals surface area contributed by atoms with Crippen molar-refractivity contribution in [2.24, 2.45) is 10.7 Å².